The van der Waals surface area contributed by atoms with E-state index in [4.69, 9.17) is 5.73 Å². The van der Waals surface area contributed by atoms with Gasteiger partial charge in [-0.15, -0.1) is 5.10 Å². The van der Waals surface area contributed by atoms with Crippen molar-refractivity contribution in [2.24, 2.45) is 11.1 Å². The van der Waals surface area contributed by atoms with Crippen molar-refractivity contribution in [2.75, 3.05) is 6.54 Å². The van der Waals surface area contributed by atoms with Gasteiger partial charge in [-0.3, -0.25) is 4.79 Å². The molecule has 0 radical (unpaired) electrons. The third-order valence-corrected chi connectivity index (χ3v) is 2.41. The van der Waals surface area contributed by atoms with Crippen molar-refractivity contribution in [2.45, 2.75) is 33.7 Å². The highest BCUT2D eigenvalue weighted by atomic mass is 16.1. The molecule has 84 valence electrons. The third-order valence-electron chi connectivity index (χ3n) is 2.41. The van der Waals surface area contributed by atoms with E-state index in [0.717, 1.165) is 6.42 Å². The van der Waals surface area contributed by atoms with Gasteiger partial charge in [-0.1, -0.05) is 26.0 Å². The molecule has 0 aliphatic rings. The number of ketones is 1. The lowest BCUT2D eigenvalue weighted by molar-refractivity contribution is 0.0835. The van der Waals surface area contributed by atoms with Gasteiger partial charge in [0.15, 0.2) is 5.78 Å². The molecule has 0 aromatic carbocycles. The van der Waals surface area contributed by atoms with Crippen molar-refractivity contribution >= 4 is 5.78 Å². The summed E-state index contributed by atoms with van der Waals surface area (Å²) in [6, 6.07) is 0. The smallest absolute Gasteiger partial charge is 0.189 e. The fraction of sp³-hybridized carbons (Fsp3) is 0.700. The molecule has 0 spiro atoms. The van der Waals surface area contributed by atoms with Gasteiger partial charge in [-0.2, -0.15) is 0 Å². The summed E-state index contributed by atoms with van der Waals surface area (Å²) in [5.41, 5.74) is 5.57. The van der Waals surface area contributed by atoms with Gasteiger partial charge in [0.1, 0.15) is 5.69 Å². The monoisotopic (exact) mass is 210 g/mol. The maximum atomic E-state index is 12.1. The molecule has 1 rings (SSSR count). The van der Waals surface area contributed by atoms with E-state index in [9.17, 15) is 4.79 Å². The first-order valence-corrected chi connectivity index (χ1v) is 5.16. The van der Waals surface area contributed by atoms with Crippen LogP contribution in [0.2, 0.25) is 0 Å². The molecule has 0 aliphatic heterocycles. The maximum Gasteiger partial charge on any atom is 0.189 e. The van der Waals surface area contributed by atoms with Crippen molar-refractivity contribution in [3.05, 3.63) is 11.9 Å². The van der Waals surface area contributed by atoms with Crippen LogP contribution in [-0.4, -0.2) is 27.3 Å². The lowest BCUT2D eigenvalue weighted by Gasteiger charge is -2.20. The van der Waals surface area contributed by atoms with Crippen LogP contribution >= 0.6 is 0 Å². The zero-order valence-electron chi connectivity index (χ0n) is 9.53. The summed E-state index contributed by atoms with van der Waals surface area (Å²) in [6.07, 6.45) is 2.43. The van der Waals surface area contributed by atoms with Crippen LogP contribution in [0.25, 0.3) is 0 Å². The van der Waals surface area contributed by atoms with Crippen LogP contribution in [0.1, 0.15) is 37.7 Å². The van der Waals surface area contributed by atoms with E-state index in [1.165, 1.54) is 6.20 Å². The number of hydrogen-bond acceptors (Lipinski definition) is 4. The number of rotatable bonds is 5. The van der Waals surface area contributed by atoms with E-state index in [-0.39, 0.29) is 5.78 Å². The maximum absolute atomic E-state index is 12.1. The average molecular weight is 210 g/mol. The molecule has 0 saturated carbocycles. The Hall–Kier alpha value is -1.23. The highest BCUT2D eigenvalue weighted by Gasteiger charge is 2.29. The minimum atomic E-state index is -0.548. The Labute approximate surface area is 89.6 Å². The Morgan fingerprint density at radius 2 is 2.27 bits per heavy atom. The third kappa shape index (κ3) is 2.41. The zero-order chi connectivity index (χ0) is 11.5. The predicted molar refractivity (Wildman–Crippen MR) is 57.5 cm³/mol. The Kier molecular flexibility index (Phi) is 3.57. The van der Waals surface area contributed by atoms with Gasteiger partial charge in [0.25, 0.3) is 0 Å². The highest BCUT2D eigenvalue weighted by Crippen LogP contribution is 2.19. The second-order valence-corrected chi connectivity index (χ2v) is 4.26. The quantitative estimate of drug-likeness (QED) is 0.731. The van der Waals surface area contributed by atoms with E-state index in [2.05, 4.69) is 10.3 Å². The van der Waals surface area contributed by atoms with Crippen LogP contribution in [0, 0.1) is 5.41 Å². The van der Waals surface area contributed by atoms with Gasteiger partial charge < -0.3 is 5.73 Å². The number of nitrogens with zero attached hydrogens (tertiary/aromatic N) is 3. The molecule has 1 aromatic rings. The molecule has 0 bridgehead atoms. The van der Waals surface area contributed by atoms with Gasteiger partial charge in [-0.05, 0) is 6.42 Å². The molecule has 1 heterocycles. The minimum absolute atomic E-state index is 0.00319. The van der Waals surface area contributed by atoms with Crippen LogP contribution in [0.4, 0.5) is 0 Å². The molecule has 0 amide bonds. The Morgan fingerprint density at radius 3 is 2.80 bits per heavy atom. The molecular weight excluding hydrogens is 192 g/mol. The number of nitrogens with two attached hydrogens (primary N) is 1. The first-order chi connectivity index (χ1) is 7.03. The van der Waals surface area contributed by atoms with Crippen molar-refractivity contribution in [3.8, 4) is 0 Å². The number of hydrogen-bond donors (Lipinski definition) is 1. The molecular formula is C10H18N4O. The summed E-state index contributed by atoms with van der Waals surface area (Å²) in [7, 11) is 0. The molecule has 0 atom stereocenters. The largest absolute Gasteiger partial charge is 0.329 e. The molecule has 0 fully saturated rings. The van der Waals surface area contributed by atoms with Gasteiger partial charge in [-0.25, -0.2) is 4.68 Å². The van der Waals surface area contributed by atoms with Gasteiger partial charge in [0.05, 0.1) is 6.20 Å². The predicted octanol–water partition coefficient (Wildman–Crippen LogP) is 0.856. The number of aromatic nitrogens is 3. The summed E-state index contributed by atoms with van der Waals surface area (Å²) >= 11 is 0. The SMILES string of the molecule is CCCn1nncc1C(=O)C(C)(C)CN. The van der Waals surface area contributed by atoms with Crippen LogP contribution < -0.4 is 5.73 Å². The first kappa shape index (κ1) is 11.8. The van der Waals surface area contributed by atoms with Gasteiger partial charge in [0, 0.05) is 18.5 Å². The van der Waals surface area contributed by atoms with Crippen molar-refractivity contribution in [3.63, 3.8) is 0 Å². The summed E-state index contributed by atoms with van der Waals surface area (Å²) in [5, 5.41) is 7.64. The zero-order valence-corrected chi connectivity index (χ0v) is 9.53. The Bertz CT molecular complexity index is 343. The molecule has 0 saturated heterocycles. The Balaban J connectivity index is 2.96. The van der Waals surface area contributed by atoms with Crippen LogP contribution in [0.5, 0.6) is 0 Å². The van der Waals surface area contributed by atoms with Crippen molar-refractivity contribution in [1.82, 2.24) is 15.0 Å². The molecule has 5 nitrogen and oxygen atoms in total. The molecule has 5 heteroatoms. The van der Waals surface area contributed by atoms with Crippen LogP contribution in [0.3, 0.4) is 0 Å². The molecule has 0 unspecified atom stereocenters. The number of carbonyl (C=O) groups excluding carboxylic acids is 1. The second kappa shape index (κ2) is 4.53. The average Bonchev–Trinajstić information content (AvgIpc) is 2.65. The first-order valence-electron chi connectivity index (χ1n) is 5.16. The van der Waals surface area contributed by atoms with Gasteiger partial charge in [0.2, 0.25) is 0 Å². The van der Waals surface area contributed by atoms with E-state index in [0.29, 0.717) is 18.8 Å². The number of carbonyl (C=O) groups is 1. The Morgan fingerprint density at radius 1 is 1.60 bits per heavy atom. The van der Waals surface area contributed by atoms with E-state index in [1.54, 1.807) is 4.68 Å². The number of aryl methyl sites for hydroxylation is 1. The standard InChI is InChI=1S/C10H18N4O/c1-4-5-14-8(6-12-13-14)9(15)10(2,3)7-11/h6H,4-5,7,11H2,1-3H3. The van der Waals surface area contributed by atoms with E-state index in [1.807, 2.05) is 20.8 Å². The van der Waals surface area contributed by atoms with Crippen molar-refractivity contribution < 1.29 is 4.79 Å². The van der Waals surface area contributed by atoms with Crippen LogP contribution in [0.15, 0.2) is 6.20 Å². The molecule has 2 N–H and O–H groups in total. The minimum Gasteiger partial charge on any atom is -0.329 e. The van der Waals surface area contributed by atoms with Crippen LogP contribution in [-0.2, 0) is 6.54 Å². The summed E-state index contributed by atoms with van der Waals surface area (Å²) < 4.78 is 1.64. The summed E-state index contributed by atoms with van der Waals surface area (Å²) in [4.78, 5) is 12.1. The normalized spacial score (nSPS) is 11.7. The van der Waals surface area contributed by atoms with Gasteiger partial charge >= 0.3 is 0 Å². The lowest BCUT2D eigenvalue weighted by atomic mass is 9.87. The molecule has 0 aliphatic carbocycles. The second-order valence-electron chi connectivity index (χ2n) is 4.26. The lowest BCUT2D eigenvalue weighted by Crippen LogP contribution is -2.34. The topological polar surface area (TPSA) is 73.8 Å². The fourth-order valence-electron chi connectivity index (χ4n) is 1.25. The van der Waals surface area contributed by atoms with Crippen molar-refractivity contribution in [1.29, 1.82) is 0 Å². The van der Waals surface area contributed by atoms with E-state index < -0.39 is 5.41 Å². The highest BCUT2D eigenvalue weighted by molar-refractivity contribution is 5.98. The number of Topliss-reactive ketones (excluding diaryl/α,β-unsaturated/α-hetero) is 1. The fourth-order valence-corrected chi connectivity index (χ4v) is 1.25. The summed E-state index contributed by atoms with van der Waals surface area (Å²) in [5.74, 6) is 0.00319. The molecule has 1 aromatic heterocycles. The summed E-state index contributed by atoms with van der Waals surface area (Å²) in [6.45, 7) is 6.73. The molecule has 15 heavy (non-hydrogen) atoms. The van der Waals surface area contributed by atoms with E-state index >= 15 is 0 Å².